The summed E-state index contributed by atoms with van der Waals surface area (Å²) in [5.41, 5.74) is 2.00. The maximum absolute atomic E-state index is 11.1. The monoisotopic (exact) mass is 295 g/mol. The molecule has 1 atom stereocenters. The van der Waals surface area contributed by atoms with Gasteiger partial charge in [-0.05, 0) is 36.8 Å². The standard InChI is InChI=1S/C18H17NO3/c1-13(18(20)21)19-10-9-15-11-16(7-8-17(15)19)22-12-14-5-3-2-4-6-14/h2-11,13H,12H2,1H3,(H,20,21)/t13-/m1/s1. The first-order valence-corrected chi connectivity index (χ1v) is 7.15. The van der Waals surface area contributed by atoms with Crippen molar-refractivity contribution < 1.29 is 14.6 Å². The Bertz CT molecular complexity index is 792. The second kappa shape index (κ2) is 5.93. The van der Waals surface area contributed by atoms with E-state index < -0.39 is 12.0 Å². The Balaban J connectivity index is 1.81. The SMILES string of the molecule is C[C@H](C(=O)O)n1ccc2cc(OCc3ccccc3)ccc21. The summed E-state index contributed by atoms with van der Waals surface area (Å²) in [5, 5.41) is 10.1. The highest BCUT2D eigenvalue weighted by Gasteiger charge is 2.15. The molecule has 4 heteroatoms. The van der Waals surface area contributed by atoms with E-state index in [2.05, 4.69) is 0 Å². The van der Waals surface area contributed by atoms with E-state index >= 15 is 0 Å². The normalized spacial score (nSPS) is 12.2. The summed E-state index contributed by atoms with van der Waals surface area (Å²) in [5.74, 6) is -0.0704. The first kappa shape index (κ1) is 14.2. The molecule has 0 amide bonds. The lowest BCUT2D eigenvalue weighted by Crippen LogP contribution is -2.14. The van der Waals surface area contributed by atoms with Gasteiger partial charge in [0.05, 0.1) is 0 Å². The molecule has 1 aromatic heterocycles. The number of aromatic nitrogens is 1. The van der Waals surface area contributed by atoms with Gasteiger partial charge < -0.3 is 14.4 Å². The number of carbonyl (C=O) groups is 1. The molecule has 0 saturated carbocycles. The Kier molecular flexibility index (Phi) is 3.83. The van der Waals surface area contributed by atoms with Crippen molar-refractivity contribution in [2.24, 2.45) is 0 Å². The van der Waals surface area contributed by atoms with Gasteiger partial charge in [-0.15, -0.1) is 0 Å². The highest BCUT2D eigenvalue weighted by molar-refractivity contribution is 5.84. The summed E-state index contributed by atoms with van der Waals surface area (Å²) in [6, 6.07) is 17.0. The van der Waals surface area contributed by atoms with E-state index in [0.717, 1.165) is 22.2 Å². The summed E-state index contributed by atoms with van der Waals surface area (Å²) in [6.07, 6.45) is 1.80. The number of benzene rings is 2. The first-order chi connectivity index (χ1) is 10.6. The van der Waals surface area contributed by atoms with Crippen LogP contribution in [0.1, 0.15) is 18.5 Å². The van der Waals surface area contributed by atoms with Gasteiger partial charge in [0.15, 0.2) is 0 Å². The molecule has 2 aromatic carbocycles. The number of hydrogen-bond donors (Lipinski definition) is 1. The van der Waals surface area contributed by atoms with Gasteiger partial charge in [-0.3, -0.25) is 0 Å². The summed E-state index contributed by atoms with van der Waals surface area (Å²) < 4.78 is 7.54. The number of carboxylic acids is 1. The average molecular weight is 295 g/mol. The van der Waals surface area contributed by atoms with Gasteiger partial charge in [-0.25, -0.2) is 4.79 Å². The molecule has 3 rings (SSSR count). The van der Waals surface area contributed by atoms with Crippen molar-refractivity contribution in [3.05, 3.63) is 66.4 Å². The lowest BCUT2D eigenvalue weighted by atomic mass is 10.2. The van der Waals surface area contributed by atoms with Crippen LogP contribution in [0.2, 0.25) is 0 Å². The summed E-state index contributed by atoms with van der Waals surface area (Å²) in [6.45, 7) is 2.18. The fourth-order valence-electron chi connectivity index (χ4n) is 2.43. The molecule has 0 aliphatic rings. The predicted octanol–water partition coefficient (Wildman–Crippen LogP) is 3.87. The van der Waals surface area contributed by atoms with Gasteiger partial charge in [0.1, 0.15) is 18.4 Å². The number of hydrogen-bond acceptors (Lipinski definition) is 2. The van der Waals surface area contributed by atoms with Crippen LogP contribution in [-0.4, -0.2) is 15.6 Å². The van der Waals surface area contributed by atoms with E-state index in [0.29, 0.717) is 6.61 Å². The smallest absolute Gasteiger partial charge is 0.326 e. The Hall–Kier alpha value is -2.75. The lowest BCUT2D eigenvalue weighted by molar-refractivity contribution is -0.140. The van der Waals surface area contributed by atoms with Crippen molar-refractivity contribution in [1.29, 1.82) is 0 Å². The minimum absolute atomic E-state index is 0.512. The average Bonchev–Trinajstić information content (AvgIpc) is 2.96. The number of nitrogens with zero attached hydrogens (tertiary/aromatic N) is 1. The minimum Gasteiger partial charge on any atom is -0.489 e. The quantitative estimate of drug-likeness (QED) is 0.777. The molecule has 1 N–H and O–H groups in total. The van der Waals surface area contributed by atoms with Crippen LogP contribution in [0.5, 0.6) is 5.75 Å². The lowest BCUT2D eigenvalue weighted by Gasteiger charge is -2.11. The van der Waals surface area contributed by atoms with E-state index in [4.69, 9.17) is 9.84 Å². The predicted molar refractivity (Wildman–Crippen MR) is 85.1 cm³/mol. The Morgan fingerprint density at radius 3 is 2.68 bits per heavy atom. The van der Waals surface area contributed by atoms with Crippen LogP contribution in [0.4, 0.5) is 0 Å². The molecular formula is C18H17NO3. The zero-order chi connectivity index (χ0) is 15.5. The molecule has 0 radical (unpaired) electrons. The molecule has 0 saturated heterocycles. The summed E-state index contributed by atoms with van der Waals surface area (Å²) in [4.78, 5) is 11.1. The molecule has 4 nitrogen and oxygen atoms in total. The van der Waals surface area contributed by atoms with Crippen LogP contribution in [0.3, 0.4) is 0 Å². The molecule has 0 fully saturated rings. The van der Waals surface area contributed by atoms with Gasteiger partial charge in [0.2, 0.25) is 0 Å². The van der Waals surface area contributed by atoms with Crippen LogP contribution >= 0.6 is 0 Å². The highest BCUT2D eigenvalue weighted by atomic mass is 16.5. The molecule has 0 unspecified atom stereocenters. The van der Waals surface area contributed by atoms with E-state index in [1.165, 1.54) is 0 Å². The molecule has 0 aliphatic heterocycles. The maximum Gasteiger partial charge on any atom is 0.326 e. The Labute approximate surface area is 128 Å². The molecule has 0 bridgehead atoms. The van der Waals surface area contributed by atoms with E-state index in [-0.39, 0.29) is 0 Å². The largest absolute Gasteiger partial charge is 0.489 e. The van der Waals surface area contributed by atoms with Crippen molar-refractivity contribution in [2.45, 2.75) is 19.6 Å². The van der Waals surface area contributed by atoms with Crippen LogP contribution in [0, 0.1) is 0 Å². The first-order valence-electron chi connectivity index (χ1n) is 7.15. The second-order valence-corrected chi connectivity index (χ2v) is 5.23. The van der Waals surface area contributed by atoms with E-state index in [1.54, 1.807) is 17.7 Å². The van der Waals surface area contributed by atoms with Gasteiger partial charge in [-0.1, -0.05) is 30.3 Å². The topological polar surface area (TPSA) is 51.5 Å². The third-order valence-corrected chi connectivity index (χ3v) is 3.71. The van der Waals surface area contributed by atoms with Crippen LogP contribution in [-0.2, 0) is 11.4 Å². The molecular weight excluding hydrogens is 278 g/mol. The molecule has 3 aromatic rings. The zero-order valence-electron chi connectivity index (χ0n) is 12.3. The number of fused-ring (bicyclic) bond motifs is 1. The molecule has 0 spiro atoms. The maximum atomic E-state index is 11.1. The Morgan fingerprint density at radius 2 is 1.95 bits per heavy atom. The number of ether oxygens (including phenoxy) is 1. The van der Waals surface area contributed by atoms with E-state index in [9.17, 15) is 4.79 Å². The van der Waals surface area contributed by atoms with Gasteiger partial charge in [0.25, 0.3) is 0 Å². The van der Waals surface area contributed by atoms with Gasteiger partial charge in [0, 0.05) is 17.1 Å². The molecule has 22 heavy (non-hydrogen) atoms. The van der Waals surface area contributed by atoms with Gasteiger partial charge in [-0.2, -0.15) is 0 Å². The fourth-order valence-corrected chi connectivity index (χ4v) is 2.43. The third-order valence-electron chi connectivity index (χ3n) is 3.71. The van der Waals surface area contributed by atoms with Crippen LogP contribution in [0.25, 0.3) is 10.9 Å². The zero-order valence-corrected chi connectivity index (χ0v) is 12.3. The van der Waals surface area contributed by atoms with Crippen LogP contribution < -0.4 is 4.74 Å². The number of carboxylic acid groups (broad SMARTS) is 1. The van der Waals surface area contributed by atoms with Crippen LogP contribution in [0.15, 0.2) is 60.8 Å². The fraction of sp³-hybridized carbons (Fsp3) is 0.167. The van der Waals surface area contributed by atoms with Crippen molar-refractivity contribution in [1.82, 2.24) is 4.57 Å². The molecule has 0 aliphatic carbocycles. The summed E-state index contributed by atoms with van der Waals surface area (Å²) in [7, 11) is 0. The molecule has 1 heterocycles. The molecule has 112 valence electrons. The van der Waals surface area contributed by atoms with Gasteiger partial charge >= 0.3 is 5.97 Å². The van der Waals surface area contributed by atoms with Crippen molar-refractivity contribution in [2.75, 3.05) is 0 Å². The third kappa shape index (κ3) is 2.81. The number of rotatable bonds is 5. The number of aliphatic carboxylic acids is 1. The van der Waals surface area contributed by atoms with Crippen molar-refractivity contribution >= 4 is 16.9 Å². The van der Waals surface area contributed by atoms with Crippen molar-refractivity contribution in [3.8, 4) is 5.75 Å². The van der Waals surface area contributed by atoms with Crippen molar-refractivity contribution in [3.63, 3.8) is 0 Å². The second-order valence-electron chi connectivity index (χ2n) is 5.23. The minimum atomic E-state index is -0.845. The summed E-state index contributed by atoms with van der Waals surface area (Å²) >= 11 is 0. The Morgan fingerprint density at radius 1 is 1.18 bits per heavy atom. The van der Waals surface area contributed by atoms with E-state index in [1.807, 2.05) is 54.6 Å². The highest BCUT2D eigenvalue weighted by Crippen LogP contribution is 2.25.